The summed E-state index contributed by atoms with van der Waals surface area (Å²) in [6.45, 7) is -0.381. The van der Waals surface area contributed by atoms with E-state index in [0.717, 1.165) is 6.21 Å². The number of ether oxygens (including phenoxy) is 1. The molecule has 0 unspecified atom stereocenters. The highest BCUT2D eigenvalue weighted by molar-refractivity contribution is 5.64. The Kier molecular flexibility index (Phi) is 2.99. The summed E-state index contributed by atoms with van der Waals surface area (Å²) in [4.78, 5) is 0. The predicted octanol–water partition coefficient (Wildman–Crippen LogP) is -2.07. The number of rotatable bonds is 2. The lowest BCUT2D eigenvalue weighted by Gasteiger charge is -2.10. The van der Waals surface area contributed by atoms with Gasteiger partial charge in [-0.25, -0.2) is 0 Å². The summed E-state index contributed by atoms with van der Waals surface area (Å²) in [5, 5.41) is 37.8. The molecule has 70 valence electrons. The van der Waals surface area contributed by atoms with E-state index in [1.54, 1.807) is 0 Å². The van der Waals surface area contributed by atoms with E-state index in [1.165, 1.54) is 0 Å². The second kappa shape index (κ2) is 3.81. The predicted molar refractivity (Wildman–Crippen MR) is 38.0 cm³/mol. The van der Waals surface area contributed by atoms with E-state index in [0.29, 0.717) is 0 Å². The van der Waals surface area contributed by atoms with Gasteiger partial charge < -0.3 is 25.3 Å². The highest BCUT2D eigenvalue weighted by Gasteiger charge is 2.41. The largest absolute Gasteiger partial charge is 0.411 e. The average Bonchev–Trinajstić information content (AvgIpc) is 2.33. The van der Waals surface area contributed by atoms with E-state index in [9.17, 15) is 10.2 Å². The SMILES string of the molecule is OC[C@H]1O[C@@H](/C=N\O)[C@H](O)[C@@H]1O. The second-order valence-electron chi connectivity index (χ2n) is 2.57. The zero-order valence-corrected chi connectivity index (χ0v) is 6.24. The van der Waals surface area contributed by atoms with Crippen LogP contribution in [0.1, 0.15) is 0 Å². The minimum atomic E-state index is -1.15. The molecule has 1 heterocycles. The lowest BCUT2D eigenvalue weighted by molar-refractivity contribution is -0.00975. The van der Waals surface area contributed by atoms with E-state index in [1.807, 2.05) is 0 Å². The highest BCUT2D eigenvalue weighted by Crippen LogP contribution is 2.19. The first kappa shape index (κ1) is 9.40. The van der Waals surface area contributed by atoms with Crippen molar-refractivity contribution >= 4 is 6.21 Å². The average molecular weight is 177 g/mol. The molecule has 4 N–H and O–H groups in total. The van der Waals surface area contributed by atoms with Gasteiger partial charge in [-0.05, 0) is 0 Å². The van der Waals surface area contributed by atoms with Crippen LogP contribution in [0.5, 0.6) is 0 Å². The van der Waals surface area contributed by atoms with Gasteiger partial charge in [0.25, 0.3) is 0 Å². The number of aliphatic hydroxyl groups excluding tert-OH is 3. The fraction of sp³-hybridized carbons (Fsp3) is 0.833. The van der Waals surface area contributed by atoms with Gasteiger partial charge in [0, 0.05) is 0 Å². The van der Waals surface area contributed by atoms with Gasteiger partial charge in [0.15, 0.2) is 0 Å². The molecule has 0 amide bonds. The Bertz CT molecular complexity index is 173. The van der Waals surface area contributed by atoms with Gasteiger partial charge in [-0.15, -0.1) is 0 Å². The fourth-order valence-electron chi connectivity index (χ4n) is 1.12. The zero-order chi connectivity index (χ0) is 9.14. The van der Waals surface area contributed by atoms with Crippen molar-refractivity contribution in [3.63, 3.8) is 0 Å². The Morgan fingerprint density at radius 1 is 1.33 bits per heavy atom. The summed E-state index contributed by atoms with van der Waals surface area (Å²) in [6.07, 6.45) is -3.01. The van der Waals surface area contributed by atoms with Crippen molar-refractivity contribution in [2.75, 3.05) is 6.61 Å². The maximum absolute atomic E-state index is 9.20. The van der Waals surface area contributed by atoms with E-state index in [4.69, 9.17) is 15.1 Å². The molecule has 6 nitrogen and oxygen atoms in total. The minimum absolute atomic E-state index is 0.381. The summed E-state index contributed by atoms with van der Waals surface area (Å²) in [7, 11) is 0. The first-order valence-electron chi connectivity index (χ1n) is 3.50. The van der Waals surface area contributed by atoms with Gasteiger partial charge in [0.1, 0.15) is 24.4 Å². The summed E-state index contributed by atoms with van der Waals surface area (Å²) < 4.78 is 4.92. The smallest absolute Gasteiger partial charge is 0.125 e. The fourth-order valence-corrected chi connectivity index (χ4v) is 1.12. The molecule has 0 bridgehead atoms. The molecule has 1 saturated heterocycles. The first-order chi connectivity index (χ1) is 5.70. The van der Waals surface area contributed by atoms with Crippen molar-refractivity contribution in [3.8, 4) is 0 Å². The monoisotopic (exact) mass is 177 g/mol. The third kappa shape index (κ3) is 1.56. The van der Waals surface area contributed by atoms with Crippen molar-refractivity contribution < 1.29 is 25.3 Å². The molecule has 0 aliphatic carbocycles. The Hall–Kier alpha value is -0.690. The highest BCUT2D eigenvalue weighted by atomic mass is 16.6. The molecule has 0 aromatic heterocycles. The summed E-state index contributed by atoms with van der Waals surface area (Å²) >= 11 is 0. The number of aliphatic hydroxyl groups is 3. The third-order valence-corrected chi connectivity index (χ3v) is 1.79. The Morgan fingerprint density at radius 3 is 2.42 bits per heavy atom. The molecule has 4 atom stereocenters. The Balaban J connectivity index is 2.60. The molecule has 1 aliphatic heterocycles. The van der Waals surface area contributed by atoms with Crippen molar-refractivity contribution in [1.82, 2.24) is 0 Å². The molecular weight excluding hydrogens is 166 g/mol. The van der Waals surface area contributed by atoms with Crippen LogP contribution in [0.3, 0.4) is 0 Å². The molecule has 0 aromatic rings. The van der Waals surface area contributed by atoms with Crippen molar-refractivity contribution in [1.29, 1.82) is 0 Å². The number of nitrogens with zero attached hydrogens (tertiary/aromatic N) is 1. The minimum Gasteiger partial charge on any atom is -0.411 e. The van der Waals surface area contributed by atoms with Crippen LogP contribution in [-0.4, -0.2) is 57.8 Å². The maximum Gasteiger partial charge on any atom is 0.125 e. The van der Waals surface area contributed by atoms with Gasteiger partial charge in [0.05, 0.1) is 12.8 Å². The van der Waals surface area contributed by atoms with Crippen LogP contribution in [0.2, 0.25) is 0 Å². The summed E-state index contributed by atoms with van der Waals surface area (Å²) in [5.41, 5.74) is 0. The van der Waals surface area contributed by atoms with Gasteiger partial charge in [0.2, 0.25) is 0 Å². The lowest BCUT2D eigenvalue weighted by atomic mass is 10.1. The van der Waals surface area contributed by atoms with Gasteiger partial charge in [-0.3, -0.25) is 0 Å². The van der Waals surface area contributed by atoms with Crippen LogP contribution < -0.4 is 0 Å². The first-order valence-corrected chi connectivity index (χ1v) is 3.50. The molecule has 0 saturated carbocycles. The van der Waals surface area contributed by atoms with Gasteiger partial charge in [-0.2, -0.15) is 0 Å². The second-order valence-corrected chi connectivity index (χ2v) is 2.57. The van der Waals surface area contributed by atoms with Crippen LogP contribution >= 0.6 is 0 Å². The third-order valence-electron chi connectivity index (χ3n) is 1.79. The normalized spacial score (nSPS) is 42.6. The number of hydrogen-bond donors (Lipinski definition) is 4. The Labute approximate surface area is 68.7 Å². The number of hydrogen-bond acceptors (Lipinski definition) is 6. The van der Waals surface area contributed by atoms with Crippen LogP contribution in [0.4, 0.5) is 0 Å². The van der Waals surface area contributed by atoms with E-state index < -0.39 is 24.4 Å². The quantitative estimate of drug-likeness (QED) is 0.220. The van der Waals surface area contributed by atoms with Crippen molar-refractivity contribution in [2.45, 2.75) is 24.4 Å². The van der Waals surface area contributed by atoms with Crippen molar-refractivity contribution in [3.05, 3.63) is 0 Å². The molecule has 1 fully saturated rings. The number of oxime groups is 1. The standard InChI is InChI=1S/C6H11NO5/c8-2-4-6(10)5(9)3(12-4)1-7-11/h1,3-6,8-11H,2H2/b7-1-/t3-,4+,5-,6+/m0/s1. The molecule has 1 rings (SSSR count). The maximum atomic E-state index is 9.20. The van der Waals surface area contributed by atoms with Crippen molar-refractivity contribution in [2.24, 2.45) is 5.16 Å². The summed E-state index contributed by atoms with van der Waals surface area (Å²) in [6, 6.07) is 0. The van der Waals surface area contributed by atoms with Gasteiger partial charge >= 0.3 is 0 Å². The van der Waals surface area contributed by atoms with Crippen LogP contribution in [-0.2, 0) is 4.74 Å². The topological polar surface area (TPSA) is 103 Å². The van der Waals surface area contributed by atoms with E-state index >= 15 is 0 Å². The molecule has 6 heteroatoms. The lowest BCUT2D eigenvalue weighted by Crippen LogP contribution is -2.34. The molecular formula is C6H11NO5. The van der Waals surface area contributed by atoms with Crippen LogP contribution in [0.15, 0.2) is 5.16 Å². The molecule has 0 radical (unpaired) electrons. The van der Waals surface area contributed by atoms with Crippen LogP contribution in [0.25, 0.3) is 0 Å². The van der Waals surface area contributed by atoms with E-state index in [-0.39, 0.29) is 6.61 Å². The summed E-state index contributed by atoms with van der Waals surface area (Å²) in [5.74, 6) is 0. The van der Waals surface area contributed by atoms with Crippen LogP contribution in [0, 0.1) is 0 Å². The molecule has 12 heavy (non-hydrogen) atoms. The Morgan fingerprint density at radius 2 is 2.00 bits per heavy atom. The molecule has 1 aliphatic rings. The van der Waals surface area contributed by atoms with Gasteiger partial charge in [-0.1, -0.05) is 5.16 Å². The molecule has 0 spiro atoms. The zero-order valence-electron chi connectivity index (χ0n) is 6.24. The molecule has 0 aromatic carbocycles. The van der Waals surface area contributed by atoms with E-state index in [2.05, 4.69) is 5.16 Å².